The van der Waals surface area contributed by atoms with Gasteiger partial charge in [-0.15, -0.1) is 0 Å². The fourth-order valence-electron chi connectivity index (χ4n) is 2.53. The maximum absolute atomic E-state index is 2.41. The Morgan fingerprint density at radius 1 is 0.889 bits per heavy atom. The Morgan fingerprint density at radius 2 is 1.61 bits per heavy atom. The van der Waals surface area contributed by atoms with Gasteiger partial charge in [0.05, 0.1) is 0 Å². The van der Waals surface area contributed by atoms with E-state index in [1.807, 2.05) is 0 Å². The molecule has 0 fully saturated rings. The van der Waals surface area contributed by atoms with Crippen molar-refractivity contribution in [3.05, 3.63) is 71.9 Å². The molecule has 0 amide bonds. The summed E-state index contributed by atoms with van der Waals surface area (Å²) in [4.78, 5) is 0. The van der Waals surface area contributed by atoms with E-state index >= 15 is 0 Å². The molecule has 0 saturated carbocycles. The molecule has 90 valence electrons. The zero-order chi connectivity index (χ0) is 12.4. The number of fused-ring (bicyclic) bond motifs is 1. The quantitative estimate of drug-likeness (QED) is 0.641. The second-order valence-corrected chi connectivity index (χ2v) is 4.73. The van der Waals surface area contributed by atoms with E-state index in [1.165, 1.54) is 22.2 Å². The van der Waals surface area contributed by atoms with Crippen molar-refractivity contribution < 1.29 is 0 Å². The van der Waals surface area contributed by atoms with Gasteiger partial charge in [-0.3, -0.25) is 0 Å². The highest BCUT2D eigenvalue weighted by Crippen LogP contribution is 2.19. The number of aromatic nitrogens is 1. The monoisotopic (exact) mass is 235 g/mol. The third-order valence-electron chi connectivity index (χ3n) is 3.48. The summed E-state index contributed by atoms with van der Waals surface area (Å²) >= 11 is 0. The van der Waals surface area contributed by atoms with E-state index in [-0.39, 0.29) is 0 Å². The summed E-state index contributed by atoms with van der Waals surface area (Å²) in [6.45, 7) is 3.23. The summed E-state index contributed by atoms with van der Waals surface area (Å²) in [6.07, 6.45) is 1.08. The first-order valence-corrected chi connectivity index (χ1v) is 6.43. The van der Waals surface area contributed by atoms with E-state index in [4.69, 9.17) is 0 Å². The van der Waals surface area contributed by atoms with Crippen LogP contribution in [0.5, 0.6) is 0 Å². The van der Waals surface area contributed by atoms with Crippen molar-refractivity contribution >= 4 is 10.9 Å². The lowest BCUT2D eigenvalue weighted by atomic mass is 10.1. The second-order valence-electron chi connectivity index (χ2n) is 4.73. The van der Waals surface area contributed by atoms with Gasteiger partial charge < -0.3 is 4.57 Å². The molecule has 1 heteroatoms. The molecular formula is C17H17N. The van der Waals surface area contributed by atoms with E-state index in [1.54, 1.807) is 0 Å². The first-order chi connectivity index (χ1) is 8.84. The highest BCUT2D eigenvalue weighted by molar-refractivity contribution is 5.81. The average molecular weight is 235 g/mol. The topological polar surface area (TPSA) is 4.93 Å². The molecule has 3 aromatic rings. The Morgan fingerprint density at radius 3 is 2.44 bits per heavy atom. The molecule has 0 unspecified atom stereocenters. The highest BCUT2D eigenvalue weighted by atomic mass is 15.0. The van der Waals surface area contributed by atoms with Crippen molar-refractivity contribution in [2.75, 3.05) is 0 Å². The summed E-state index contributed by atoms with van der Waals surface area (Å²) in [5.41, 5.74) is 4.08. The molecule has 0 aliphatic heterocycles. The van der Waals surface area contributed by atoms with Gasteiger partial charge in [-0.2, -0.15) is 0 Å². The second kappa shape index (κ2) is 4.69. The molecule has 0 bridgehead atoms. The molecule has 3 rings (SSSR count). The summed E-state index contributed by atoms with van der Waals surface area (Å²) in [5.74, 6) is 0. The van der Waals surface area contributed by atoms with Crippen LogP contribution in [0.2, 0.25) is 0 Å². The Bertz CT molecular complexity index is 650. The van der Waals surface area contributed by atoms with E-state index < -0.39 is 0 Å². The van der Waals surface area contributed by atoms with Crippen LogP contribution in [0.3, 0.4) is 0 Å². The molecular weight excluding hydrogens is 218 g/mol. The molecule has 0 N–H and O–H groups in total. The molecule has 1 nitrogen and oxygen atoms in total. The molecule has 0 aliphatic carbocycles. The average Bonchev–Trinajstić information content (AvgIpc) is 2.73. The van der Waals surface area contributed by atoms with Crippen molar-refractivity contribution in [3.63, 3.8) is 0 Å². The van der Waals surface area contributed by atoms with Crippen molar-refractivity contribution in [1.29, 1.82) is 0 Å². The van der Waals surface area contributed by atoms with Crippen LogP contribution in [0.25, 0.3) is 10.9 Å². The zero-order valence-corrected chi connectivity index (χ0v) is 10.6. The minimum absolute atomic E-state index is 1.04. The first kappa shape index (κ1) is 11.1. The first-order valence-electron chi connectivity index (χ1n) is 6.43. The molecule has 0 atom stereocenters. The van der Waals surface area contributed by atoms with Crippen molar-refractivity contribution in [3.8, 4) is 0 Å². The van der Waals surface area contributed by atoms with Gasteiger partial charge in [0, 0.05) is 17.8 Å². The largest absolute Gasteiger partial charge is 0.345 e. The summed E-state index contributed by atoms with van der Waals surface area (Å²) in [5, 5.41) is 1.34. The lowest BCUT2D eigenvalue weighted by molar-refractivity contribution is 0.703. The Kier molecular flexibility index (Phi) is 2.89. The van der Waals surface area contributed by atoms with E-state index in [9.17, 15) is 0 Å². The molecule has 0 saturated heterocycles. The minimum atomic E-state index is 1.04. The Hall–Kier alpha value is -2.02. The van der Waals surface area contributed by atoms with Crippen LogP contribution >= 0.6 is 0 Å². The van der Waals surface area contributed by atoms with Crippen LogP contribution in [0, 0.1) is 6.92 Å². The molecule has 0 spiro atoms. The van der Waals surface area contributed by atoms with Gasteiger partial charge in [0.2, 0.25) is 0 Å². The standard InChI is InChI=1S/C17H17N/c1-14-13-16-9-5-6-10-17(16)18(14)12-11-15-7-3-2-4-8-15/h2-10,13H,11-12H2,1H3. The van der Waals surface area contributed by atoms with Gasteiger partial charge in [0.1, 0.15) is 0 Å². The van der Waals surface area contributed by atoms with Gasteiger partial charge in [0.15, 0.2) is 0 Å². The fraction of sp³-hybridized carbons (Fsp3) is 0.176. The number of benzene rings is 2. The lowest BCUT2D eigenvalue weighted by Crippen LogP contribution is -2.02. The van der Waals surface area contributed by atoms with Crippen molar-refractivity contribution in [2.24, 2.45) is 0 Å². The normalized spacial score (nSPS) is 10.9. The van der Waals surface area contributed by atoms with Crippen LogP contribution in [0.4, 0.5) is 0 Å². The number of hydrogen-bond donors (Lipinski definition) is 0. The SMILES string of the molecule is Cc1cc2ccccc2n1CCc1ccccc1. The van der Waals surface area contributed by atoms with Gasteiger partial charge in [-0.05, 0) is 36.4 Å². The van der Waals surface area contributed by atoms with Gasteiger partial charge in [0.25, 0.3) is 0 Å². The molecule has 0 radical (unpaired) electrons. The number of aryl methyl sites for hydroxylation is 3. The van der Waals surface area contributed by atoms with Crippen LogP contribution in [0.1, 0.15) is 11.3 Å². The summed E-state index contributed by atoms with van der Waals surface area (Å²) in [6, 6.07) is 21.5. The number of para-hydroxylation sites is 1. The molecule has 1 heterocycles. The van der Waals surface area contributed by atoms with Gasteiger partial charge in [-0.25, -0.2) is 0 Å². The zero-order valence-electron chi connectivity index (χ0n) is 10.6. The van der Waals surface area contributed by atoms with Crippen molar-refractivity contribution in [2.45, 2.75) is 19.9 Å². The molecule has 18 heavy (non-hydrogen) atoms. The smallest absolute Gasteiger partial charge is 0.0482 e. The molecule has 0 aliphatic rings. The number of nitrogens with zero attached hydrogens (tertiary/aromatic N) is 1. The number of rotatable bonds is 3. The van der Waals surface area contributed by atoms with Crippen LogP contribution in [-0.2, 0) is 13.0 Å². The third-order valence-corrected chi connectivity index (χ3v) is 3.48. The fourth-order valence-corrected chi connectivity index (χ4v) is 2.53. The van der Waals surface area contributed by atoms with Gasteiger partial charge >= 0.3 is 0 Å². The van der Waals surface area contributed by atoms with E-state index in [0.717, 1.165) is 13.0 Å². The third kappa shape index (κ3) is 2.04. The van der Waals surface area contributed by atoms with Gasteiger partial charge in [-0.1, -0.05) is 48.5 Å². The summed E-state index contributed by atoms with van der Waals surface area (Å²) < 4.78 is 2.41. The predicted molar refractivity (Wildman–Crippen MR) is 76.8 cm³/mol. The van der Waals surface area contributed by atoms with Crippen LogP contribution in [-0.4, -0.2) is 4.57 Å². The van der Waals surface area contributed by atoms with E-state index in [0.29, 0.717) is 0 Å². The van der Waals surface area contributed by atoms with Crippen LogP contribution in [0.15, 0.2) is 60.7 Å². The highest BCUT2D eigenvalue weighted by Gasteiger charge is 2.04. The molecule has 2 aromatic carbocycles. The number of hydrogen-bond acceptors (Lipinski definition) is 0. The Labute approximate surface area is 108 Å². The lowest BCUT2D eigenvalue weighted by Gasteiger charge is -2.08. The maximum atomic E-state index is 2.41. The summed E-state index contributed by atoms with van der Waals surface area (Å²) in [7, 11) is 0. The van der Waals surface area contributed by atoms with Crippen LogP contribution < -0.4 is 0 Å². The minimum Gasteiger partial charge on any atom is -0.345 e. The maximum Gasteiger partial charge on any atom is 0.0482 e. The predicted octanol–water partition coefficient (Wildman–Crippen LogP) is 4.19. The Balaban J connectivity index is 1.89. The molecule has 1 aromatic heterocycles. The van der Waals surface area contributed by atoms with Crippen molar-refractivity contribution in [1.82, 2.24) is 4.57 Å². The van der Waals surface area contributed by atoms with E-state index in [2.05, 4.69) is 72.2 Å².